The molecule has 0 rings (SSSR count). The molecule has 0 spiro atoms. The highest BCUT2D eigenvalue weighted by Crippen LogP contribution is 1.95. The van der Waals surface area contributed by atoms with Crippen LogP contribution in [0.2, 0.25) is 11.6 Å². The molecular weight excluding hydrogens is 131 g/mol. The number of hydrogen-bond acceptors (Lipinski definition) is 2. The molecule has 0 saturated carbocycles. The summed E-state index contributed by atoms with van der Waals surface area (Å²) >= 11 is -0.885. The Kier molecular flexibility index (Phi) is 5.52. The summed E-state index contributed by atoms with van der Waals surface area (Å²) in [4.78, 5) is 0. The van der Waals surface area contributed by atoms with Crippen molar-refractivity contribution in [1.29, 1.82) is 0 Å². The van der Waals surface area contributed by atoms with Crippen molar-refractivity contribution < 1.29 is 8.53 Å². The first kappa shape index (κ1) is 9.45. The third-order valence-electron chi connectivity index (χ3n) is 0.865. The molecule has 0 saturated heterocycles. The van der Waals surface area contributed by atoms with Crippen LogP contribution in [0.15, 0.2) is 0 Å². The molecule has 0 N–H and O–H groups in total. The van der Waals surface area contributed by atoms with E-state index >= 15 is 0 Å². The molecule has 0 radical (unpaired) electrons. The molecule has 0 fully saturated rings. The molecule has 0 aromatic carbocycles. The summed E-state index contributed by atoms with van der Waals surface area (Å²) in [5.74, 6) is 4.27. The van der Waals surface area contributed by atoms with E-state index in [1.165, 1.54) is 0 Å². The Hall–Kier alpha value is 0.452. The van der Waals surface area contributed by atoms with Gasteiger partial charge in [-0.25, -0.2) is 0 Å². The van der Waals surface area contributed by atoms with Crippen LogP contribution in [0.1, 0.15) is 13.8 Å². The predicted molar refractivity (Wildman–Crippen MR) is 39.7 cm³/mol. The van der Waals surface area contributed by atoms with Crippen molar-refractivity contribution in [2.24, 2.45) is 0 Å². The lowest BCUT2D eigenvalue weighted by molar-refractivity contribution is -0.0631. The Morgan fingerprint density at radius 2 is 2.00 bits per heavy atom. The Morgan fingerprint density at radius 1 is 1.44 bits per heavy atom. The van der Waals surface area contributed by atoms with Gasteiger partial charge in [0.1, 0.15) is 6.29 Å². The second kappa shape index (κ2) is 5.25. The van der Waals surface area contributed by atoms with Crippen molar-refractivity contribution in [3.05, 3.63) is 0 Å². The lowest BCUT2D eigenvalue weighted by Crippen LogP contribution is -2.20. The lowest BCUT2D eigenvalue weighted by Gasteiger charge is -2.14. The highest BCUT2D eigenvalue weighted by atomic mass is 27.2. The average molecular weight is 146 g/mol. The van der Waals surface area contributed by atoms with Crippen molar-refractivity contribution >= 4 is 14.5 Å². The first-order valence-electron chi connectivity index (χ1n) is 3.43. The van der Waals surface area contributed by atoms with Gasteiger partial charge in [0.2, 0.25) is 0 Å². The SMILES string of the molecule is CCOC(C)[O][Al]([CH3])[CH3]. The van der Waals surface area contributed by atoms with Gasteiger partial charge in [-0.05, 0) is 13.8 Å². The van der Waals surface area contributed by atoms with Gasteiger partial charge in [-0.2, -0.15) is 0 Å². The molecule has 0 aliphatic rings. The Labute approximate surface area is 61.9 Å². The molecule has 3 heteroatoms. The van der Waals surface area contributed by atoms with E-state index in [-0.39, 0.29) is 6.29 Å². The summed E-state index contributed by atoms with van der Waals surface area (Å²) in [6.45, 7) is 4.65. The summed E-state index contributed by atoms with van der Waals surface area (Å²) in [5.41, 5.74) is 0. The third-order valence-corrected chi connectivity index (χ3v) is 1.79. The van der Waals surface area contributed by atoms with Gasteiger partial charge in [0.25, 0.3) is 0 Å². The molecule has 0 aliphatic carbocycles. The minimum atomic E-state index is -0.885. The maximum absolute atomic E-state index is 5.41. The monoisotopic (exact) mass is 146 g/mol. The zero-order valence-corrected chi connectivity index (χ0v) is 7.83. The van der Waals surface area contributed by atoms with Gasteiger partial charge in [0, 0.05) is 6.61 Å². The zero-order valence-electron chi connectivity index (χ0n) is 6.68. The van der Waals surface area contributed by atoms with Crippen molar-refractivity contribution in [2.45, 2.75) is 31.7 Å². The summed E-state index contributed by atoms with van der Waals surface area (Å²) in [6.07, 6.45) is 0.00154. The van der Waals surface area contributed by atoms with Crippen LogP contribution in [-0.2, 0) is 8.53 Å². The normalized spacial score (nSPS) is 13.3. The largest absolute Gasteiger partial charge is 0.478 e. The van der Waals surface area contributed by atoms with Gasteiger partial charge in [-0.15, -0.1) is 0 Å². The molecule has 2 nitrogen and oxygen atoms in total. The second-order valence-electron chi connectivity index (χ2n) is 2.21. The number of rotatable bonds is 4. The summed E-state index contributed by atoms with van der Waals surface area (Å²) in [5, 5.41) is 0. The van der Waals surface area contributed by atoms with Crippen LogP contribution in [-0.4, -0.2) is 27.4 Å². The minimum absolute atomic E-state index is 0.00154. The predicted octanol–water partition coefficient (Wildman–Crippen LogP) is 1.64. The molecule has 0 heterocycles. The fourth-order valence-electron chi connectivity index (χ4n) is 0.657. The highest BCUT2D eigenvalue weighted by molar-refractivity contribution is 6.48. The molecule has 0 amide bonds. The lowest BCUT2D eigenvalue weighted by atomic mass is 10.7. The highest BCUT2D eigenvalue weighted by Gasteiger charge is 2.08. The van der Waals surface area contributed by atoms with Crippen LogP contribution < -0.4 is 0 Å². The standard InChI is InChI=1S/C4H9O2.2CH3.Al/c1-3-6-4(2)5;;;/h4H,3H2,1-2H3;2*1H3;/q-1;;;+1. The molecule has 0 aliphatic heterocycles. The average Bonchev–Trinajstić information content (AvgIpc) is 1.63. The van der Waals surface area contributed by atoms with Crippen LogP contribution in [0.5, 0.6) is 0 Å². The maximum Gasteiger partial charge on any atom is 0.455 e. The van der Waals surface area contributed by atoms with E-state index < -0.39 is 14.5 Å². The first-order valence-corrected chi connectivity index (χ1v) is 6.22. The van der Waals surface area contributed by atoms with Crippen molar-refractivity contribution in [2.75, 3.05) is 6.61 Å². The Morgan fingerprint density at radius 3 is 2.33 bits per heavy atom. The van der Waals surface area contributed by atoms with Crippen molar-refractivity contribution in [3.8, 4) is 0 Å². The molecule has 0 aromatic rings. The van der Waals surface area contributed by atoms with E-state index in [4.69, 9.17) is 8.53 Å². The van der Waals surface area contributed by atoms with Crippen molar-refractivity contribution in [3.63, 3.8) is 0 Å². The Balaban J connectivity index is 3.15. The van der Waals surface area contributed by atoms with Gasteiger partial charge < -0.3 is 8.53 Å². The molecule has 0 aromatic heterocycles. The topological polar surface area (TPSA) is 18.5 Å². The van der Waals surface area contributed by atoms with Crippen LogP contribution in [0, 0.1) is 0 Å². The van der Waals surface area contributed by atoms with E-state index in [9.17, 15) is 0 Å². The fourth-order valence-corrected chi connectivity index (χ4v) is 1.50. The van der Waals surface area contributed by atoms with Gasteiger partial charge in [0.15, 0.2) is 0 Å². The summed E-state index contributed by atoms with van der Waals surface area (Å²) in [6, 6.07) is 0. The number of hydrogen-bond donors (Lipinski definition) is 0. The van der Waals surface area contributed by atoms with Crippen LogP contribution in [0.3, 0.4) is 0 Å². The van der Waals surface area contributed by atoms with Gasteiger partial charge in [-0.1, -0.05) is 11.6 Å². The third kappa shape index (κ3) is 6.34. The molecular formula is C6H15AlO2. The number of ether oxygens (including phenoxy) is 1. The van der Waals surface area contributed by atoms with Crippen LogP contribution in [0.4, 0.5) is 0 Å². The summed E-state index contributed by atoms with van der Waals surface area (Å²) in [7, 11) is 0. The Bertz CT molecular complexity index is 66.1. The first-order chi connectivity index (χ1) is 4.16. The van der Waals surface area contributed by atoms with Crippen LogP contribution >= 0.6 is 0 Å². The molecule has 9 heavy (non-hydrogen) atoms. The van der Waals surface area contributed by atoms with Crippen LogP contribution in [0.25, 0.3) is 0 Å². The smallest absolute Gasteiger partial charge is 0.455 e. The van der Waals surface area contributed by atoms with E-state index in [1.54, 1.807) is 0 Å². The van der Waals surface area contributed by atoms with E-state index in [0.29, 0.717) is 0 Å². The van der Waals surface area contributed by atoms with Gasteiger partial charge in [0.05, 0.1) is 0 Å². The minimum Gasteiger partial charge on any atom is -0.478 e. The zero-order chi connectivity index (χ0) is 7.28. The molecule has 1 unspecified atom stereocenters. The van der Waals surface area contributed by atoms with E-state index in [0.717, 1.165) is 6.61 Å². The van der Waals surface area contributed by atoms with E-state index in [2.05, 4.69) is 11.6 Å². The van der Waals surface area contributed by atoms with Crippen molar-refractivity contribution in [1.82, 2.24) is 0 Å². The van der Waals surface area contributed by atoms with Gasteiger partial charge >= 0.3 is 14.5 Å². The second-order valence-corrected chi connectivity index (χ2v) is 4.58. The molecule has 0 bridgehead atoms. The summed E-state index contributed by atoms with van der Waals surface area (Å²) < 4.78 is 10.6. The van der Waals surface area contributed by atoms with E-state index in [1.807, 2.05) is 13.8 Å². The fraction of sp³-hybridized carbons (Fsp3) is 1.00. The maximum atomic E-state index is 5.41. The quantitative estimate of drug-likeness (QED) is 0.443. The molecule has 54 valence electrons. The molecule has 1 atom stereocenters. The van der Waals surface area contributed by atoms with Gasteiger partial charge in [-0.3, -0.25) is 0 Å².